The van der Waals surface area contributed by atoms with Crippen LogP contribution in [0.2, 0.25) is 0 Å². The molecule has 2 aromatic carbocycles. The van der Waals surface area contributed by atoms with E-state index in [2.05, 4.69) is 32.9 Å². The maximum Gasteiger partial charge on any atom is 0.0548 e. The van der Waals surface area contributed by atoms with Gasteiger partial charge in [0.2, 0.25) is 0 Å². The molecule has 0 bridgehead atoms. The Morgan fingerprint density at radius 2 is 1.60 bits per heavy atom. The Morgan fingerprint density at radius 3 is 2.15 bits per heavy atom. The van der Waals surface area contributed by atoms with Gasteiger partial charge >= 0.3 is 0 Å². The molecule has 0 aromatic heterocycles. The van der Waals surface area contributed by atoms with Crippen molar-refractivity contribution in [2.45, 2.75) is 31.7 Å². The first-order chi connectivity index (χ1) is 9.49. The first-order valence-corrected chi connectivity index (χ1v) is 8.07. The molecule has 0 fully saturated rings. The molecule has 3 heteroatoms. The van der Waals surface area contributed by atoms with Gasteiger partial charge in [-0.1, -0.05) is 35.9 Å². The normalized spacial score (nSPS) is 14.0. The van der Waals surface area contributed by atoms with Crippen LogP contribution in [0.3, 0.4) is 0 Å². The summed E-state index contributed by atoms with van der Waals surface area (Å²) in [5.74, 6) is 0.453. The summed E-state index contributed by atoms with van der Waals surface area (Å²) in [4.78, 5) is 0.838. The lowest BCUT2D eigenvalue weighted by molar-refractivity contribution is 0.674. The quantitative estimate of drug-likeness (QED) is 0.936. The highest BCUT2D eigenvalue weighted by molar-refractivity contribution is 7.85. The SMILES string of the molecule is Cc1cc(C)c(C(N)CS(=O)c2ccccc2)c(C)c1. The number of nitrogens with two attached hydrogens (primary N) is 1. The first kappa shape index (κ1) is 14.9. The molecule has 2 rings (SSSR count). The highest BCUT2D eigenvalue weighted by atomic mass is 32.2. The summed E-state index contributed by atoms with van der Waals surface area (Å²) in [6, 6.07) is 13.6. The molecule has 0 saturated carbocycles. The summed E-state index contributed by atoms with van der Waals surface area (Å²) in [5, 5.41) is 0. The van der Waals surface area contributed by atoms with E-state index in [0.717, 1.165) is 10.5 Å². The minimum Gasteiger partial charge on any atom is -0.323 e. The Labute approximate surface area is 123 Å². The number of hydrogen-bond donors (Lipinski definition) is 1. The van der Waals surface area contributed by atoms with Crippen molar-refractivity contribution in [2.75, 3.05) is 5.75 Å². The molecule has 106 valence electrons. The number of aryl methyl sites for hydroxylation is 3. The number of hydrogen-bond acceptors (Lipinski definition) is 2. The van der Waals surface area contributed by atoms with Crippen LogP contribution in [-0.2, 0) is 10.8 Å². The summed E-state index contributed by atoms with van der Waals surface area (Å²) >= 11 is 0. The number of benzene rings is 2. The number of rotatable bonds is 4. The molecule has 0 amide bonds. The van der Waals surface area contributed by atoms with Crippen LogP contribution >= 0.6 is 0 Å². The van der Waals surface area contributed by atoms with Gasteiger partial charge in [-0.05, 0) is 49.6 Å². The lowest BCUT2D eigenvalue weighted by Crippen LogP contribution is -2.20. The second-order valence-electron chi connectivity index (χ2n) is 5.24. The summed E-state index contributed by atoms with van der Waals surface area (Å²) in [5.41, 5.74) is 11.0. The van der Waals surface area contributed by atoms with Gasteiger partial charge < -0.3 is 5.73 Å². The van der Waals surface area contributed by atoms with E-state index in [1.54, 1.807) is 0 Å². The highest BCUT2D eigenvalue weighted by Gasteiger charge is 2.16. The molecular weight excluding hydrogens is 266 g/mol. The van der Waals surface area contributed by atoms with Crippen LogP contribution in [0.5, 0.6) is 0 Å². The van der Waals surface area contributed by atoms with Gasteiger partial charge in [-0.3, -0.25) is 4.21 Å². The largest absolute Gasteiger partial charge is 0.323 e. The maximum atomic E-state index is 12.3. The Kier molecular flexibility index (Phi) is 4.73. The van der Waals surface area contributed by atoms with E-state index in [1.807, 2.05) is 30.3 Å². The Bertz CT molecular complexity index is 599. The third-order valence-electron chi connectivity index (χ3n) is 3.45. The van der Waals surface area contributed by atoms with Crippen molar-refractivity contribution >= 4 is 10.8 Å². The third-order valence-corrected chi connectivity index (χ3v) is 4.91. The minimum absolute atomic E-state index is 0.198. The van der Waals surface area contributed by atoms with Gasteiger partial charge in [0.15, 0.2) is 0 Å². The van der Waals surface area contributed by atoms with E-state index in [9.17, 15) is 4.21 Å². The summed E-state index contributed by atoms with van der Waals surface area (Å²) < 4.78 is 12.3. The van der Waals surface area contributed by atoms with Gasteiger partial charge in [0.25, 0.3) is 0 Å². The van der Waals surface area contributed by atoms with Crippen molar-refractivity contribution < 1.29 is 4.21 Å². The fraction of sp³-hybridized carbons (Fsp3) is 0.294. The lowest BCUT2D eigenvalue weighted by atomic mass is 9.95. The van der Waals surface area contributed by atoms with Crippen molar-refractivity contribution in [3.05, 3.63) is 64.7 Å². The van der Waals surface area contributed by atoms with Crippen LogP contribution in [0, 0.1) is 20.8 Å². The van der Waals surface area contributed by atoms with E-state index in [0.29, 0.717) is 5.75 Å². The predicted molar refractivity (Wildman–Crippen MR) is 85.3 cm³/mol. The summed E-state index contributed by atoms with van der Waals surface area (Å²) in [6.45, 7) is 6.22. The monoisotopic (exact) mass is 287 g/mol. The zero-order chi connectivity index (χ0) is 14.7. The molecule has 0 aliphatic heterocycles. The zero-order valence-corrected chi connectivity index (χ0v) is 13.0. The van der Waals surface area contributed by atoms with Crippen LogP contribution in [0.1, 0.15) is 28.3 Å². The molecule has 0 spiro atoms. The third kappa shape index (κ3) is 3.35. The van der Waals surface area contributed by atoms with Gasteiger partial charge in [0, 0.05) is 16.7 Å². The molecule has 0 aliphatic rings. The van der Waals surface area contributed by atoms with Gasteiger partial charge in [-0.25, -0.2) is 0 Å². The molecular formula is C17H21NOS. The molecule has 2 atom stereocenters. The molecule has 2 N–H and O–H groups in total. The van der Waals surface area contributed by atoms with Crippen LogP contribution in [0.15, 0.2) is 47.4 Å². The second-order valence-corrected chi connectivity index (χ2v) is 6.74. The Balaban J connectivity index is 2.21. The van der Waals surface area contributed by atoms with Crippen LogP contribution in [0.25, 0.3) is 0 Å². The maximum absolute atomic E-state index is 12.3. The standard InChI is InChI=1S/C17H21NOS/c1-12-9-13(2)17(14(3)10-12)16(18)11-20(19)15-7-5-4-6-8-15/h4-10,16H,11,18H2,1-3H3. The first-order valence-electron chi connectivity index (χ1n) is 6.76. The smallest absolute Gasteiger partial charge is 0.0548 e. The summed E-state index contributed by atoms with van der Waals surface area (Å²) in [7, 11) is -1.06. The van der Waals surface area contributed by atoms with Gasteiger partial charge in [-0.2, -0.15) is 0 Å². The summed E-state index contributed by atoms with van der Waals surface area (Å²) in [6.07, 6.45) is 0. The van der Waals surface area contributed by atoms with Crippen LogP contribution in [-0.4, -0.2) is 9.96 Å². The van der Waals surface area contributed by atoms with Crippen molar-refractivity contribution in [3.8, 4) is 0 Å². The van der Waals surface area contributed by atoms with Crippen molar-refractivity contribution in [1.82, 2.24) is 0 Å². The molecule has 0 radical (unpaired) electrons. The van der Waals surface area contributed by atoms with Gasteiger partial charge in [0.05, 0.1) is 10.8 Å². The fourth-order valence-electron chi connectivity index (χ4n) is 2.69. The fourth-order valence-corrected chi connectivity index (χ4v) is 3.84. The molecule has 0 saturated heterocycles. The van der Waals surface area contributed by atoms with E-state index >= 15 is 0 Å². The van der Waals surface area contributed by atoms with Crippen molar-refractivity contribution in [1.29, 1.82) is 0 Å². The molecule has 2 aromatic rings. The van der Waals surface area contributed by atoms with E-state index < -0.39 is 10.8 Å². The average molecular weight is 287 g/mol. The predicted octanol–water partition coefficient (Wildman–Crippen LogP) is 3.42. The average Bonchev–Trinajstić information content (AvgIpc) is 2.38. The Hall–Kier alpha value is -1.45. The van der Waals surface area contributed by atoms with Gasteiger partial charge in [-0.15, -0.1) is 0 Å². The zero-order valence-electron chi connectivity index (χ0n) is 12.2. The van der Waals surface area contributed by atoms with E-state index in [1.165, 1.54) is 16.7 Å². The topological polar surface area (TPSA) is 43.1 Å². The Morgan fingerprint density at radius 1 is 1.05 bits per heavy atom. The van der Waals surface area contributed by atoms with Crippen molar-refractivity contribution in [2.24, 2.45) is 5.73 Å². The van der Waals surface area contributed by atoms with E-state index in [-0.39, 0.29) is 6.04 Å². The lowest BCUT2D eigenvalue weighted by Gasteiger charge is -2.18. The molecule has 2 unspecified atom stereocenters. The van der Waals surface area contributed by atoms with Gasteiger partial charge in [0.1, 0.15) is 0 Å². The highest BCUT2D eigenvalue weighted by Crippen LogP contribution is 2.23. The molecule has 2 nitrogen and oxygen atoms in total. The van der Waals surface area contributed by atoms with Crippen LogP contribution in [0.4, 0.5) is 0 Å². The second kappa shape index (κ2) is 6.33. The van der Waals surface area contributed by atoms with Crippen LogP contribution < -0.4 is 5.73 Å². The van der Waals surface area contributed by atoms with Crippen molar-refractivity contribution in [3.63, 3.8) is 0 Å². The minimum atomic E-state index is -1.06. The van der Waals surface area contributed by atoms with E-state index in [4.69, 9.17) is 5.73 Å². The molecule has 0 heterocycles. The molecule has 0 aliphatic carbocycles. The molecule has 20 heavy (non-hydrogen) atoms.